The minimum Gasteiger partial charge on any atom is -0.483 e. The number of nitrogens with one attached hydrogen (secondary N) is 1. The van der Waals surface area contributed by atoms with Crippen LogP contribution >= 0.6 is 0 Å². The van der Waals surface area contributed by atoms with E-state index in [0.717, 1.165) is 42.2 Å². The molecule has 0 spiro atoms. The Bertz CT molecular complexity index is 738. The van der Waals surface area contributed by atoms with E-state index in [1.54, 1.807) is 0 Å². The maximum atomic E-state index is 12.4. The Hall–Kier alpha value is -2.49. The van der Waals surface area contributed by atoms with E-state index < -0.39 is 0 Å². The van der Waals surface area contributed by atoms with E-state index in [1.165, 1.54) is 12.8 Å². The molecule has 0 aromatic heterocycles. The molecular formula is C22H28N2O2. The van der Waals surface area contributed by atoms with Gasteiger partial charge in [0.2, 0.25) is 0 Å². The van der Waals surface area contributed by atoms with E-state index in [1.807, 2.05) is 36.4 Å². The second kappa shape index (κ2) is 8.75. The van der Waals surface area contributed by atoms with Crippen LogP contribution in [0.1, 0.15) is 44.6 Å². The summed E-state index contributed by atoms with van der Waals surface area (Å²) in [5.41, 5.74) is 3.11. The third-order valence-corrected chi connectivity index (χ3v) is 5.05. The number of para-hydroxylation sites is 3. The molecule has 0 bridgehead atoms. The summed E-state index contributed by atoms with van der Waals surface area (Å²) in [6, 6.07) is 16.0. The van der Waals surface area contributed by atoms with Crippen LogP contribution in [0.3, 0.4) is 0 Å². The molecule has 1 amide bonds. The van der Waals surface area contributed by atoms with Crippen molar-refractivity contribution in [1.29, 1.82) is 0 Å². The zero-order valence-corrected chi connectivity index (χ0v) is 15.7. The highest BCUT2D eigenvalue weighted by Gasteiger charge is 2.17. The van der Waals surface area contributed by atoms with E-state index in [-0.39, 0.29) is 12.5 Å². The van der Waals surface area contributed by atoms with Gasteiger partial charge in [-0.15, -0.1) is 0 Å². The van der Waals surface area contributed by atoms with Crippen molar-refractivity contribution >= 4 is 17.3 Å². The number of carbonyl (C=O) groups is 1. The summed E-state index contributed by atoms with van der Waals surface area (Å²) in [7, 11) is 0. The number of rotatable bonds is 7. The van der Waals surface area contributed by atoms with Crippen molar-refractivity contribution in [3.05, 3.63) is 54.1 Å². The van der Waals surface area contributed by atoms with Gasteiger partial charge in [0, 0.05) is 13.1 Å². The quantitative estimate of drug-likeness (QED) is 0.777. The van der Waals surface area contributed by atoms with Gasteiger partial charge >= 0.3 is 0 Å². The fraction of sp³-hybridized carbons (Fsp3) is 0.409. The number of hydrogen-bond acceptors (Lipinski definition) is 3. The molecule has 2 aromatic rings. The third kappa shape index (κ3) is 4.37. The summed E-state index contributed by atoms with van der Waals surface area (Å²) >= 11 is 0. The van der Waals surface area contributed by atoms with E-state index in [2.05, 4.69) is 36.2 Å². The number of nitrogens with zero attached hydrogens (tertiary/aromatic N) is 1. The number of benzene rings is 2. The summed E-state index contributed by atoms with van der Waals surface area (Å²) in [6.07, 6.45) is 3.45. The highest BCUT2D eigenvalue weighted by atomic mass is 16.5. The molecule has 26 heavy (non-hydrogen) atoms. The van der Waals surface area contributed by atoms with E-state index in [9.17, 15) is 4.79 Å². The van der Waals surface area contributed by atoms with Crippen molar-refractivity contribution in [2.24, 2.45) is 0 Å². The monoisotopic (exact) mass is 352 g/mol. The third-order valence-electron chi connectivity index (χ3n) is 5.05. The van der Waals surface area contributed by atoms with Gasteiger partial charge in [-0.25, -0.2) is 0 Å². The average molecular weight is 352 g/mol. The summed E-state index contributed by atoms with van der Waals surface area (Å²) in [5, 5.41) is 3.01. The van der Waals surface area contributed by atoms with Crippen molar-refractivity contribution in [3.63, 3.8) is 0 Å². The Morgan fingerprint density at radius 2 is 1.81 bits per heavy atom. The van der Waals surface area contributed by atoms with Crippen LogP contribution in [-0.4, -0.2) is 25.6 Å². The van der Waals surface area contributed by atoms with Crippen molar-refractivity contribution in [3.8, 4) is 5.75 Å². The zero-order valence-electron chi connectivity index (χ0n) is 15.7. The van der Waals surface area contributed by atoms with Gasteiger partial charge < -0.3 is 15.0 Å². The molecule has 0 aliphatic carbocycles. The van der Waals surface area contributed by atoms with Gasteiger partial charge in [-0.3, -0.25) is 4.79 Å². The summed E-state index contributed by atoms with van der Waals surface area (Å²) in [5.74, 6) is 1.07. The van der Waals surface area contributed by atoms with E-state index in [0.29, 0.717) is 5.92 Å². The smallest absolute Gasteiger partial charge is 0.262 e. The number of anilines is 2. The number of amides is 1. The number of hydrogen-bond donors (Lipinski definition) is 1. The van der Waals surface area contributed by atoms with Crippen LogP contribution in [0.2, 0.25) is 0 Å². The van der Waals surface area contributed by atoms with Crippen LogP contribution < -0.4 is 15.0 Å². The predicted octanol–water partition coefficient (Wildman–Crippen LogP) is 4.82. The summed E-state index contributed by atoms with van der Waals surface area (Å²) in [4.78, 5) is 14.8. The highest BCUT2D eigenvalue weighted by Crippen LogP contribution is 2.30. The standard InChI is InChI=1S/C22H28N2O2/c1-3-17(2)18-10-4-7-13-21(18)26-16-22(25)23-19-11-5-6-12-20(19)24-14-8-9-15-24/h4-7,10-13,17H,3,8-9,14-16H2,1-2H3,(H,23,25). The highest BCUT2D eigenvalue weighted by molar-refractivity contribution is 5.95. The maximum absolute atomic E-state index is 12.4. The maximum Gasteiger partial charge on any atom is 0.262 e. The average Bonchev–Trinajstić information content (AvgIpc) is 3.21. The topological polar surface area (TPSA) is 41.6 Å². The normalized spacial score (nSPS) is 14.9. The molecule has 2 aromatic carbocycles. The van der Waals surface area contributed by atoms with Crippen LogP contribution in [0.25, 0.3) is 0 Å². The molecule has 0 radical (unpaired) electrons. The molecular weight excluding hydrogens is 324 g/mol. The van der Waals surface area contributed by atoms with Crippen LogP contribution in [0.5, 0.6) is 5.75 Å². The van der Waals surface area contributed by atoms with Gasteiger partial charge in [0.25, 0.3) is 5.91 Å². The predicted molar refractivity (Wildman–Crippen MR) is 107 cm³/mol. The van der Waals surface area contributed by atoms with Crippen molar-refractivity contribution in [2.45, 2.75) is 39.0 Å². The zero-order chi connectivity index (χ0) is 18.4. The molecule has 1 fully saturated rings. The van der Waals surface area contributed by atoms with Gasteiger partial charge in [0.15, 0.2) is 6.61 Å². The molecule has 1 aliphatic heterocycles. The van der Waals surface area contributed by atoms with Crippen LogP contribution in [-0.2, 0) is 4.79 Å². The van der Waals surface area contributed by atoms with Crippen LogP contribution in [0.4, 0.5) is 11.4 Å². The van der Waals surface area contributed by atoms with Crippen LogP contribution in [0, 0.1) is 0 Å². The molecule has 1 aliphatic rings. The second-order valence-corrected chi connectivity index (χ2v) is 6.90. The molecule has 4 heteroatoms. The van der Waals surface area contributed by atoms with E-state index >= 15 is 0 Å². The molecule has 1 atom stereocenters. The first kappa shape index (κ1) is 18.3. The fourth-order valence-electron chi connectivity index (χ4n) is 3.38. The minimum absolute atomic E-state index is 0.0157. The molecule has 1 unspecified atom stereocenters. The van der Waals surface area contributed by atoms with Crippen molar-refractivity contribution in [2.75, 3.05) is 29.9 Å². The molecule has 1 saturated heterocycles. The Morgan fingerprint density at radius 3 is 2.58 bits per heavy atom. The van der Waals surface area contributed by atoms with Gasteiger partial charge in [-0.1, -0.05) is 44.2 Å². The second-order valence-electron chi connectivity index (χ2n) is 6.90. The lowest BCUT2D eigenvalue weighted by molar-refractivity contribution is -0.118. The summed E-state index contributed by atoms with van der Waals surface area (Å²) < 4.78 is 5.83. The van der Waals surface area contributed by atoms with Crippen molar-refractivity contribution < 1.29 is 9.53 Å². The van der Waals surface area contributed by atoms with Crippen LogP contribution in [0.15, 0.2) is 48.5 Å². The lowest BCUT2D eigenvalue weighted by Crippen LogP contribution is -2.24. The SMILES string of the molecule is CCC(C)c1ccccc1OCC(=O)Nc1ccccc1N1CCCC1. The minimum atomic E-state index is -0.129. The molecule has 1 N–H and O–H groups in total. The summed E-state index contributed by atoms with van der Waals surface area (Å²) in [6.45, 7) is 6.44. The molecule has 138 valence electrons. The first-order chi connectivity index (χ1) is 12.7. The van der Waals surface area contributed by atoms with Gasteiger partial charge in [-0.2, -0.15) is 0 Å². The van der Waals surface area contributed by atoms with Gasteiger partial charge in [0.1, 0.15) is 5.75 Å². The lowest BCUT2D eigenvalue weighted by atomic mass is 9.98. The Kier molecular flexibility index (Phi) is 6.16. The Balaban J connectivity index is 1.64. The van der Waals surface area contributed by atoms with Gasteiger partial charge in [0.05, 0.1) is 11.4 Å². The van der Waals surface area contributed by atoms with E-state index in [4.69, 9.17) is 4.74 Å². The molecule has 1 heterocycles. The Labute approximate surface area is 156 Å². The molecule has 3 rings (SSSR count). The Morgan fingerprint density at radius 1 is 1.12 bits per heavy atom. The number of ether oxygens (including phenoxy) is 1. The largest absolute Gasteiger partial charge is 0.483 e. The van der Waals surface area contributed by atoms with Gasteiger partial charge in [-0.05, 0) is 48.9 Å². The molecule has 4 nitrogen and oxygen atoms in total. The molecule has 0 saturated carbocycles. The lowest BCUT2D eigenvalue weighted by Gasteiger charge is -2.21. The number of carbonyl (C=O) groups excluding carboxylic acids is 1. The van der Waals surface area contributed by atoms with Crippen molar-refractivity contribution in [1.82, 2.24) is 0 Å². The fourth-order valence-corrected chi connectivity index (χ4v) is 3.38. The first-order valence-electron chi connectivity index (χ1n) is 9.54. The first-order valence-corrected chi connectivity index (χ1v) is 9.54.